The average Bonchev–Trinajstić information content (AvgIpc) is 3.16. The van der Waals surface area contributed by atoms with Gasteiger partial charge in [0.25, 0.3) is 32.1 Å². The number of nitrogens with one attached hydrogen (secondary N) is 2. The summed E-state index contributed by atoms with van der Waals surface area (Å²) in [6.07, 6.45) is 0. The van der Waals surface area contributed by atoms with E-state index >= 15 is 0 Å². The fourth-order valence-corrected chi connectivity index (χ4v) is 6.83. The maximum Gasteiger partial charge on any atom is 0.294 e. The largest absolute Gasteiger partial charge is 0.495 e. The number of ketones is 1. The highest BCUT2D eigenvalue weighted by molar-refractivity contribution is 7.86. The average molecular weight is 833 g/mol. The van der Waals surface area contributed by atoms with Crippen molar-refractivity contribution in [3.63, 3.8) is 0 Å². The molecule has 18 nitrogen and oxygen atoms in total. The van der Waals surface area contributed by atoms with Gasteiger partial charge in [-0.15, -0.1) is 0 Å². The number of fused-ring (bicyclic) bond motifs is 1. The monoisotopic (exact) mass is 832 g/mol. The molecule has 0 spiro atoms. The summed E-state index contributed by atoms with van der Waals surface area (Å²) in [6, 6.07) is 18.7. The van der Waals surface area contributed by atoms with Crippen molar-refractivity contribution in [1.82, 2.24) is 0 Å². The molecule has 0 aliphatic heterocycles. The highest BCUT2D eigenvalue weighted by Gasteiger charge is 2.26. The van der Waals surface area contributed by atoms with Gasteiger partial charge in [0.1, 0.15) is 23.0 Å². The molecule has 5 rings (SSSR count). The third-order valence-corrected chi connectivity index (χ3v) is 10.2. The maximum atomic E-state index is 13.2. The Kier molecular flexibility index (Phi) is 13.1. The number of aliphatic hydroxyl groups excluding tert-OH is 1. The first-order chi connectivity index (χ1) is 27.4. The van der Waals surface area contributed by atoms with Crippen molar-refractivity contribution < 1.29 is 54.9 Å². The lowest BCUT2D eigenvalue weighted by atomic mass is 10.1. The summed E-state index contributed by atoms with van der Waals surface area (Å²) >= 11 is 0. The summed E-state index contributed by atoms with van der Waals surface area (Å²) in [5, 5.41) is 32.3. The predicted octanol–water partition coefficient (Wildman–Crippen LogP) is 6.68. The van der Waals surface area contributed by atoms with Gasteiger partial charge in [0.05, 0.1) is 47.0 Å². The van der Waals surface area contributed by atoms with E-state index in [9.17, 15) is 45.4 Å². The minimum absolute atomic E-state index is 0.0252. The molecule has 0 heterocycles. The second-order valence-corrected chi connectivity index (χ2v) is 15.4. The zero-order chi connectivity index (χ0) is 42.4. The lowest BCUT2D eigenvalue weighted by Gasteiger charge is -2.15. The number of amides is 2. The fourth-order valence-electron chi connectivity index (χ4n) is 5.51. The highest BCUT2D eigenvalue weighted by atomic mass is 32.2. The summed E-state index contributed by atoms with van der Waals surface area (Å²) < 4.78 is 76.2. The van der Waals surface area contributed by atoms with Gasteiger partial charge in [-0.1, -0.05) is 6.07 Å². The van der Waals surface area contributed by atoms with Crippen molar-refractivity contribution >= 4 is 77.0 Å². The topological polar surface area (TPSA) is 272 Å². The number of nitrogens with zero attached hydrogens (tertiary/aromatic N) is 4. The van der Waals surface area contributed by atoms with Crippen molar-refractivity contribution in [3.8, 4) is 11.5 Å². The third-order valence-electron chi connectivity index (χ3n) is 8.34. The number of methoxy groups -OCH3 is 1. The van der Waals surface area contributed by atoms with Crippen molar-refractivity contribution in [2.75, 3.05) is 31.0 Å². The van der Waals surface area contributed by atoms with E-state index in [1.165, 1.54) is 68.6 Å². The van der Waals surface area contributed by atoms with Crippen LogP contribution in [0, 0.1) is 13.8 Å². The number of hydrogen-bond acceptors (Lipinski definition) is 14. The van der Waals surface area contributed by atoms with Crippen LogP contribution in [-0.4, -0.2) is 75.0 Å². The number of azo groups is 2. The normalized spacial score (nSPS) is 12.5. The molecule has 1 atom stereocenters. The quantitative estimate of drug-likeness (QED) is 0.0420. The van der Waals surface area contributed by atoms with Crippen molar-refractivity contribution in [1.29, 1.82) is 0 Å². The number of carbonyl (C=O) groups is 3. The van der Waals surface area contributed by atoms with E-state index in [1.54, 1.807) is 31.2 Å². The lowest BCUT2D eigenvalue weighted by Crippen LogP contribution is -2.32. The van der Waals surface area contributed by atoms with Gasteiger partial charge in [0.2, 0.25) is 6.04 Å². The van der Waals surface area contributed by atoms with Gasteiger partial charge in [0.15, 0.2) is 5.78 Å². The number of benzene rings is 5. The molecule has 0 saturated carbocycles. The Hall–Kier alpha value is -6.45. The third kappa shape index (κ3) is 10.5. The smallest absolute Gasteiger partial charge is 0.294 e. The molecule has 0 radical (unpaired) electrons. The first-order valence-electron chi connectivity index (χ1n) is 17.0. The minimum atomic E-state index is -4.57. The van der Waals surface area contributed by atoms with Crippen LogP contribution in [0.15, 0.2) is 115 Å². The fraction of sp³-hybridized carbons (Fsp3) is 0.184. The number of anilines is 2. The molecule has 0 aliphatic rings. The zero-order valence-corrected chi connectivity index (χ0v) is 32.8. The van der Waals surface area contributed by atoms with Crippen LogP contribution in [0.5, 0.6) is 11.5 Å². The molecule has 5 aromatic rings. The Morgan fingerprint density at radius 1 is 0.724 bits per heavy atom. The highest BCUT2D eigenvalue weighted by Crippen LogP contribution is 2.34. The molecule has 5 N–H and O–H groups in total. The molecule has 1 unspecified atom stereocenters. The Bertz CT molecular complexity index is 2700. The van der Waals surface area contributed by atoms with Crippen molar-refractivity contribution in [2.24, 2.45) is 20.5 Å². The van der Waals surface area contributed by atoms with Crippen LogP contribution >= 0.6 is 0 Å². The molecule has 0 fully saturated rings. The van der Waals surface area contributed by atoms with Gasteiger partial charge < -0.3 is 25.2 Å². The first-order valence-corrected chi connectivity index (χ1v) is 19.9. The van der Waals surface area contributed by atoms with Gasteiger partial charge in [-0.25, -0.2) is 0 Å². The lowest BCUT2D eigenvalue weighted by molar-refractivity contribution is -0.126. The van der Waals surface area contributed by atoms with Gasteiger partial charge in [-0.3, -0.25) is 23.5 Å². The Labute approximate surface area is 332 Å². The van der Waals surface area contributed by atoms with Crippen molar-refractivity contribution in [2.45, 2.75) is 36.6 Å². The van der Waals surface area contributed by atoms with E-state index in [-0.39, 0.29) is 57.8 Å². The molecular weight excluding hydrogens is 797 g/mol. The van der Waals surface area contributed by atoms with E-state index in [0.717, 1.165) is 13.0 Å². The van der Waals surface area contributed by atoms with E-state index in [0.29, 0.717) is 27.7 Å². The summed E-state index contributed by atoms with van der Waals surface area (Å²) in [4.78, 5) is 38.0. The molecule has 302 valence electrons. The van der Waals surface area contributed by atoms with Gasteiger partial charge in [-0.2, -0.15) is 37.3 Å². The van der Waals surface area contributed by atoms with Crippen LogP contribution in [0.25, 0.3) is 10.8 Å². The molecule has 0 saturated heterocycles. The summed E-state index contributed by atoms with van der Waals surface area (Å²) in [5.41, 5.74) is 2.19. The predicted molar refractivity (Wildman–Crippen MR) is 211 cm³/mol. The van der Waals surface area contributed by atoms with Crippen molar-refractivity contribution in [3.05, 3.63) is 102 Å². The Morgan fingerprint density at radius 2 is 1.38 bits per heavy atom. The molecule has 20 heteroatoms. The summed E-state index contributed by atoms with van der Waals surface area (Å²) in [7, 11) is -7.73. The number of rotatable bonds is 15. The van der Waals surface area contributed by atoms with Crippen LogP contribution in [-0.2, 0) is 29.8 Å². The van der Waals surface area contributed by atoms with Crippen LogP contribution in [0.3, 0.4) is 0 Å². The van der Waals surface area contributed by atoms with Crippen LogP contribution in [0.4, 0.5) is 28.4 Å². The second-order valence-electron chi connectivity index (χ2n) is 12.6. The standard InChI is InChI=1S/C38H36N6O12S2/c1-21-15-29(57(49,50)51)17-25-7-10-27(18-30(21)25)42-43-28-11-12-31(34(19-28)56-14-13-45)39-37(47)24-5-8-26(9-6-24)41-44-36(23(3)46)38(48)40-32-16-22(2)35(58(52,53)54)20-33(32)55-4/h5-12,15-20,36,45H,13-14H2,1-4H3,(H,39,47)(H,40,48)(H,49,50,51)(H,52,53,54). The molecule has 0 aliphatic carbocycles. The van der Waals surface area contributed by atoms with E-state index < -0.39 is 48.8 Å². The van der Waals surface area contributed by atoms with E-state index in [2.05, 4.69) is 31.1 Å². The molecular formula is C38H36N6O12S2. The SMILES string of the molecule is COc1cc(S(=O)(=O)O)c(C)cc1NC(=O)C(N=Nc1ccc(C(=O)Nc2ccc(N=Nc3ccc4cc(S(=O)(=O)O)cc(C)c4c3)cc2OCCO)cc1)C(C)=O. The molecule has 0 bridgehead atoms. The maximum absolute atomic E-state index is 13.2. The van der Waals surface area contributed by atoms with E-state index in [1.807, 2.05) is 0 Å². The molecule has 2 amide bonds. The van der Waals surface area contributed by atoms with Gasteiger partial charge >= 0.3 is 0 Å². The molecule has 58 heavy (non-hydrogen) atoms. The van der Waals surface area contributed by atoms with Gasteiger partial charge in [-0.05, 0) is 109 Å². The molecule has 0 aromatic heterocycles. The van der Waals surface area contributed by atoms with Crippen LogP contribution < -0.4 is 20.1 Å². The second kappa shape index (κ2) is 17.8. The Morgan fingerprint density at radius 3 is 2.00 bits per heavy atom. The number of hydrogen-bond donors (Lipinski definition) is 5. The number of Topliss-reactive ketones (excluding diaryl/α,β-unsaturated/α-hetero) is 1. The summed E-state index contributed by atoms with van der Waals surface area (Å²) in [5.74, 6) is -1.99. The number of aryl methyl sites for hydroxylation is 2. The van der Waals surface area contributed by atoms with Crippen LogP contribution in [0.2, 0.25) is 0 Å². The van der Waals surface area contributed by atoms with Crippen LogP contribution in [0.1, 0.15) is 28.4 Å². The molecule has 5 aromatic carbocycles. The zero-order valence-electron chi connectivity index (χ0n) is 31.2. The first kappa shape index (κ1) is 42.7. The number of aliphatic hydroxyl groups is 1. The number of ether oxygens (including phenoxy) is 2. The summed E-state index contributed by atoms with van der Waals surface area (Å²) in [6.45, 7) is 3.83. The Balaban J connectivity index is 1.28. The minimum Gasteiger partial charge on any atom is -0.495 e. The van der Waals surface area contributed by atoms with E-state index in [4.69, 9.17) is 9.47 Å². The number of carbonyl (C=O) groups excluding carboxylic acids is 3. The van der Waals surface area contributed by atoms with Gasteiger partial charge in [0, 0.05) is 17.7 Å².